The monoisotopic (exact) mass is 398 g/mol. The van der Waals surface area contributed by atoms with Crippen LogP contribution in [0.2, 0.25) is 5.02 Å². The minimum Gasteiger partial charge on any atom is -0.376 e. The van der Waals surface area contributed by atoms with E-state index in [-0.39, 0.29) is 11.5 Å². The summed E-state index contributed by atoms with van der Waals surface area (Å²) in [6, 6.07) is 9.97. The molecule has 5 nitrogen and oxygen atoms in total. The molecule has 1 unspecified atom stereocenters. The molecule has 1 aromatic carbocycles. The summed E-state index contributed by atoms with van der Waals surface area (Å²) < 4.78 is 7.69. The Morgan fingerprint density at radius 3 is 2.64 bits per heavy atom. The first-order valence-corrected chi connectivity index (χ1v) is 10.2. The molecule has 4 rings (SSSR count). The van der Waals surface area contributed by atoms with Crippen LogP contribution in [0, 0.1) is 6.92 Å². The molecule has 0 spiro atoms. The first-order valence-electron chi connectivity index (χ1n) is 9.85. The largest absolute Gasteiger partial charge is 0.376 e. The van der Waals surface area contributed by atoms with Crippen LogP contribution in [0.15, 0.2) is 30.3 Å². The third kappa shape index (κ3) is 3.74. The fourth-order valence-corrected chi connectivity index (χ4v) is 3.74. The lowest BCUT2D eigenvalue weighted by molar-refractivity contribution is 0.120. The van der Waals surface area contributed by atoms with Gasteiger partial charge in [0.2, 0.25) is 0 Å². The topological polar surface area (TPSA) is 51.5 Å². The van der Waals surface area contributed by atoms with Crippen LogP contribution >= 0.6 is 11.6 Å². The van der Waals surface area contributed by atoms with Gasteiger partial charge in [-0.15, -0.1) is 0 Å². The highest BCUT2D eigenvalue weighted by molar-refractivity contribution is 6.30. The van der Waals surface area contributed by atoms with Crippen LogP contribution in [0.3, 0.4) is 0 Å². The van der Waals surface area contributed by atoms with E-state index in [2.05, 4.69) is 32.2 Å². The Labute approximate surface area is 171 Å². The van der Waals surface area contributed by atoms with Crippen molar-refractivity contribution in [1.82, 2.24) is 14.6 Å². The van der Waals surface area contributed by atoms with Crippen molar-refractivity contribution >= 4 is 23.1 Å². The van der Waals surface area contributed by atoms with Crippen LogP contribution in [0.1, 0.15) is 45.0 Å². The van der Waals surface area contributed by atoms with Gasteiger partial charge in [0, 0.05) is 35.2 Å². The van der Waals surface area contributed by atoms with Gasteiger partial charge in [-0.25, -0.2) is 4.98 Å². The van der Waals surface area contributed by atoms with Gasteiger partial charge < -0.3 is 10.1 Å². The molecule has 3 heterocycles. The summed E-state index contributed by atoms with van der Waals surface area (Å²) in [6.45, 7) is 10.2. The Morgan fingerprint density at radius 2 is 2.00 bits per heavy atom. The van der Waals surface area contributed by atoms with Gasteiger partial charge in [0.05, 0.1) is 17.5 Å². The number of hydrogen-bond donors (Lipinski definition) is 1. The second kappa shape index (κ2) is 7.37. The lowest BCUT2D eigenvalue weighted by Crippen LogP contribution is -2.21. The van der Waals surface area contributed by atoms with Crippen molar-refractivity contribution in [3.63, 3.8) is 0 Å². The molecule has 1 N–H and O–H groups in total. The average Bonchev–Trinajstić information content (AvgIpc) is 3.27. The molecule has 148 valence electrons. The number of halogens is 1. The number of rotatable bonds is 4. The van der Waals surface area contributed by atoms with Crippen LogP contribution in [-0.4, -0.2) is 33.9 Å². The number of hydrogen-bond acceptors (Lipinski definition) is 4. The number of aryl methyl sites for hydroxylation is 1. The average molecular weight is 399 g/mol. The predicted molar refractivity (Wildman–Crippen MR) is 114 cm³/mol. The minimum absolute atomic E-state index is 0.0719. The molecule has 2 aromatic heterocycles. The number of anilines is 1. The van der Waals surface area contributed by atoms with E-state index in [9.17, 15) is 0 Å². The van der Waals surface area contributed by atoms with Crippen molar-refractivity contribution in [1.29, 1.82) is 0 Å². The van der Waals surface area contributed by atoms with Crippen molar-refractivity contribution in [3.8, 4) is 11.1 Å². The molecule has 0 bridgehead atoms. The van der Waals surface area contributed by atoms with E-state index in [1.165, 1.54) is 0 Å². The van der Waals surface area contributed by atoms with Gasteiger partial charge in [-0.05, 0) is 37.5 Å². The van der Waals surface area contributed by atoms with E-state index in [0.717, 1.165) is 65.0 Å². The van der Waals surface area contributed by atoms with E-state index >= 15 is 0 Å². The quantitative estimate of drug-likeness (QED) is 0.652. The number of benzene rings is 1. The molecule has 28 heavy (non-hydrogen) atoms. The predicted octanol–water partition coefficient (Wildman–Crippen LogP) is 5.25. The lowest BCUT2D eigenvalue weighted by atomic mass is 9.92. The molecule has 1 atom stereocenters. The SMILES string of the molecule is Cc1nn2c(NCC3CCCO3)cc(C(C)(C)C)nc2c1-c1ccc(Cl)cc1. The van der Waals surface area contributed by atoms with Crippen molar-refractivity contribution in [2.24, 2.45) is 0 Å². The summed E-state index contributed by atoms with van der Waals surface area (Å²) >= 11 is 6.09. The Morgan fingerprint density at radius 1 is 1.25 bits per heavy atom. The van der Waals surface area contributed by atoms with Crippen molar-refractivity contribution < 1.29 is 4.74 Å². The highest BCUT2D eigenvalue weighted by Crippen LogP contribution is 2.32. The van der Waals surface area contributed by atoms with Gasteiger partial charge in [-0.1, -0.05) is 44.5 Å². The number of nitrogens with zero attached hydrogens (tertiary/aromatic N) is 3. The summed E-state index contributed by atoms with van der Waals surface area (Å²) in [5, 5.41) is 9.08. The highest BCUT2D eigenvalue weighted by atomic mass is 35.5. The second-order valence-corrected chi connectivity index (χ2v) is 8.93. The molecule has 1 aliphatic rings. The Hall–Kier alpha value is -2.11. The molecule has 6 heteroatoms. The Bertz CT molecular complexity index is 982. The fraction of sp³-hybridized carbons (Fsp3) is 0.455. The summed E-state index contributed by atoms with van der Waals surface area (Å²) in [7, 11) is 0. The third-order valence-electron chi connectivity index (χ3n) is 5.20. The van der Waals surface area contributed by atoms with Gasteiger partial charge in [0.15, 0.2) is 5.65 Å². The smallest absolute Gasteiger partial charge is 0.165 e. The summed E-state index contributed by atoms with van der Waals surface area (Å²) in [5.41, 5.74) is 4.88. The normalized spacial score (nSPS) is 17.4. The molecular weight excluding hydrogens is 372 g/mol. The lowest BCUT2D eigenvalue weighted by Gasteiger charge is -2.20. The van der Waals surface area contributed by atoms with Crippen molar-refractivity contribution in [3.05, 3.63) is 46.7 Å². The highest BCUT2D eigenvalue weighted by Gasteiger charge is 2.23. The van der Waals surface area contributed by atoms with E-state index in [1.54, 1.807) is 0 Å². The first-order chi connectivity index (χ1) is 13.3. The van der Waals surface area contributed by atoms with E-state index in [1.807, 2.05) is 35.7 Å². The molecule has 0 radical (unpaired) electrons. The molecule has 1 saturated heterocycles. The Kier molecular flexibility index (Phi) is 5.06. The number of aromatic nitrogens is 3. The summed E-state index contributed by atoms with van der Waals surface area (Å²) in [6.07, 6.45) is 2.49. The Balaban J connectivity index is 1.83. The maximum absolute atomic E-state index is 6.09. The zero-order valence-electron chi connectivity index (χ0n) is 16.9. The maximum atomic E-state index is 6.09. The zero-order chi connectivity index (χ0) is 19.9. The van der Waals surface area contributed by atoms with Gasteiger partial charge in [-0.3, -0.25) is 0 Å². The summed E-state index contributed by atoms with van der Waals surface area (Å²) in [5.74, 6) is 0.953. The number of ether oxygens (including phenoxy) is 1. The fourth-order valence-electron chi connectivity index (χ4n) is 3.61. The minimum atomic E-state index is -0.0719. The number of nitrogens with one attached hydrogen (secondary N) is 1. The molecule has 1 aliphatic heterocycles. The molecule has 3 aromatic rings. The van der Waals surface area contributed by atoms with E-state index < -0.39 is 0 Å². The molecule has 0 saturated carbocycles. The second-order valence-electron chi connectivity index (χ2n) is 8.50. The van der Waals surface area contributed by atoms with Gasteiger partial charge in [0.25, 0.3) is 0 Å². The van der Waals surface area contributed by atoms with Crippen molar-refractivity contribution in [2.75, 3.05) is 18.5 Å². The zero-order valence-corrected chi connectivity index (χ0v) is 17.7. The van der Waals surface area contributed by atoms with Crippen LogP contribution < -0.4 is 5.32 Å². The molecule has 0 aliphatic carbocycles. The molecular formula is C22H27ClN4O. The van der Waals surface area contributed by atoms with E-state index in [4.69, 9.17) is 26.4 Å². The molecule has 1 fully saturated rings. The van der Waals surface area contributed by atoms with Crippen LogP contribution in [0.4, 0.5) is 5.82 Å². The van der Waals surface area contributed by atoms with E-state index in [0.29, 0.717) is 0 Å². The first kappa shape index (κ1) is 19.2. The van der Waals surface area contributed by atoms with Gasteiger partial charge >= 0.3 is 0 Å². The summed E-state index contributed by atoms with van der Waals surface area (Å²) in [4.78, 5) is 5.00. The van der Waals surface area contributed by atoms with Crippen LogP contribution in [0.25, 0.3) is 16.8 Å². The van der Waals surface area contributed by atoms with Crippen molar-refractivity contribution in [2.45, 2.75) is 52.1 Å². The standard InChI is InChI=1S/C22H27ClN4O/c1-14-20(15-7-9-16(23)10-8-15)21-25-18(22(2,3)4)12-19(27(21)26-14)24-13-17-6-5-11-28-17/h7-10,12,17,24H,5-6,11,13H2,1-4H3. The number of fused-ring (bicyclic) bond motifs is 1. The maximum Gasteiger partial charge on any atom is 0.165 e. The van der Waals surface area contributed by atoms with Crippen LogP contribution in [-0.2, 0) is 10.2 Å². The third-order valence-corrected chi connectivity index (χ3v) is 5.45. The van der Waals surface area contributed by atoms with Gasteiger partial charge in [0.1, 0.15) is 5.82 Å². The molecule has 0 amide bonds. The van der Waals surface area contributed by atoms with Gasteiger partial charge in [-0.2, -0.15) is 9.61 Å². The van der Waals surface area contributed by atoms with Crippen LogP contribution in [0.5, 0.6) is 0 Å².